The number of nitrogens with zero attached hydrogens (tertiary/aromatic N) is 4. The minimum Gasteiger partial charge on any atom is -0.486 e. The second kappa shape index (κ2) is 9.25. The number of carbonyl (C=O) groups is 1. The van der Waals surface area contributed by atoms with Crippen molar-refractivity contribution in [2.24, 2.45) is 0 Å². The second-order valence-electron chi connectivity index (χ2n) is 7.95. The third-order valence-electron chi connectivity index (χ3n) is 4.55. The van der Waals surface area contributed by atoms with Crippen molar-refractivity contribution in [3.63, 3.8) is 0 Å². The molecule has 0 radical (unpaired) electrons. The van der Waals surface area contributed by atoms with Crippen LogP contribution in [0.25, 0.3) is 0 Å². The number of nitrogen functional groups attached to an aromatic ring is 1. The lowest BCUT2D eigenvalue weighted by Gasteiger charge is -2.19. The van der Waals surface area contributed by atoms with Gasteiger partial charge in [0.25, 0.3) is 0 Å². The number of ether oxygens (including phenoxy) is 1. The van der Waals surface area contributed by atoms with Gasteiger partial charge in [-0.1, -0.05) is 44.7 Å². The summed E-state index contributed by atoms with van der Waals surface area (Å²) in [5.74, 6) is 8.15. The van der Waals surface area contributed by atoms with Gasteiger partial charge in [0.05, 0.1) is 18.6 Å². The molecule has 0 unspecified atom stereocenters. The van der Waals surface area contributed by atoms with Gasteiger partial charge in [-0.25, -0.2) is 4.68 Å². The van der Waals surface area contributed by atoms with E-state index >= 15 is 0 Å². The highest BCUT2D eigenvalue weighted by Gasteiger charge is 2.16. The maximum Gasteiger partial charge on any atom is 0.233 e. The number of thioether (sulfide) groups is 1. The normalized spacial score (nSPS) is 11.5. The van der Waals surface area contributed by atoms with Crippen molar-refractivity contribution < 1.29 is 13.9 Å². The standard InChI is InChI=1S/C21H27N5O3S/c1-21(2,3)15-7-9-16(10-8-15)29-13-18-23-24-20(26(18)22)30-14-19(27)25(4)12-17-6-5-11-28-17/h5-11H,12-14,22H2,1-4H3. The van der Waals surface area contributed by atoms with Crippen LogP contribution in [0, 0.1) is 0 Å². The summed E-state index contributed by atoms with van der Waals surface area (Å²) >= 11 is 1.23. The minimum absolute atomic E-state index is 0.0591. The van der Waals surface area contributed by atoms with E-state index in [-0.39, 0.29) is 23.7 Å². The molecule has 0 bridgehead atoms. The summed E-state index contributed by atoms with van der Waals surface area (Å²) in [5, 5.41) is 8.59. The summed E-state index contributed by atoms with van der Waals surface area (Å²) in [6.45, 7) is 7.09. The van der Waals surface area contributed by atoms with Crippen molar-refractivity contribution in [2.75, 3.05) is 18.6 Å². The fourth-order valence-electron chi connectivity index (χ4n) is 2.66. The molecule has 160 valence electrons. The molecular weight excluding hydrogens is 402 g/mol. The van der Waals surface area contributed by atoms with Crippen LogP contribution in [0.5, 0.6) is 5.75 Å². The molecule has 2 heterocycles. The monoisotopic (exact) mass is 429 g/mol. The van der Waals surface area contributed by atoms with E-state index in [0.717, 1.165) is 11.5 Å². The fraction of sp³-hybridized carbons (Fsp3) is 0.381. The topological polar surface area (TPSA) is 99.4 Å². The lowest BCUT2D eigenvalue weighted by Crippen LogP contribution is -2.28. The Morgan fingerprint density at radius 2 is 1.97 bits per heavy atom. The molecule has 0 spiro atoms. The molecule has 0 atom stereocenters. The summed E-state index contributed by atoms with van der Waals surface area (Å²) in [4.78, 5) is 13.9. The number of hydrogen-bond acceptors (Lipinski definition) is 7. The van der Waals surface area contributed by atoms with Crippen molar-refractivity contribution in [3.8, 4) is 5.75 Å². The Bertz CT molecular complexity index is 962. The second-order valence-corrected chi connectivity index (χ2v) is 8.89. The van der Waals surface area contributed by atoms with Crippen LogP contribution >= 0.6 is 11.8 Å². The van der Waals surface area contributed by atoms with Crippen LogP contribution in [0.4, 0.5) is 0 Å². The molecule has 3 aromatic rings. The maximum absolute atomic E-state index is 12.3. The predicted octanol–water partition coefficient (Wildman–Crippen LogP) is 3.21. The first-order valence-electron chi connectivity index (χ1n) is 9.56. The largest absolute Gasteiger partial charge is 0.486 e. The molecule has 30 heavy (non-hydrogen) atoms. The zero-order chi connectivity index (χ0) is 21.7. The Morgan fingerprint density at radius 3 is 2.60 bits per heavy atom. The van der Waals surface area contributed by atoms with E-state index in [1.807, 2.05) is 18.2 Å². The summed E-state index contributed by atoms with van der Waals surface area (Å²) in [6.07, 6.45) is 1.59. The zero-order valence-electron chi connectivity index (χ0n) is 17.7. The third-order valence-corrected chi connectivity index (χ3v) is 5.47. The Morgan fingerprint density at radius 1 is 1.23 bits per heavy atom. The lowest BCUT2D eigenvalue weighted by molar-refractivity contribution is -0.127. The molecule has 9 heteroatoms. The van der Waals surface area contributed by atoms with Crippen LogP contribution in [-0.4, -0.2) is 38.5 Å². The van der Waals surface area contributed by atoms with Crippen LogP contribution in [0.2, 0.25) is 0 Å². The van der Waals surface area contributed by atoms with Crippen LogP contribution in [0.15, 0.2) is 52.2 Å². The van der Waals surface area contributed by atoms with E-state index in [9.17, 15) is 4.79 Å². The molecule has 2 aromatic heterocycles. The first kappa shape index (κ1) is 21.8. The Labute approximate surface area is 180 Å². The molecule has 8 nitrogen and oxygen atoms in total. The molecule has 0 saturated heterocycles. The highest BCUT2D eigenvalue weighted by molar-refractivity contribution is 7.99. The summed E-state index contributed by atoms with van der Waals surface area (Å²) in [6, 6.07) is 11.6. The number of hydrogen-bond donors (Lipinski definition) is 1. The lowest BCUT2D eigenvalue weighted by atomic mass is 9.87. The van der Waals surface area contributed by atoms with Gasteiger partial charge in [0.1, 0.15) is 18.1 Å². The van der Waals surface area contributed by atoms with Gasteiger partial charge in [-0.2, -0.15) is 0 Å². The van der Waals surface area contributed by atoms with E-state index in [0.29, 0.717) is 17.5 Å². The highest BCUT2D eigenvalue weighted by atomic mass is 32.2. The van der Waals surface area contributed by atoms with Crippen molar-refractivity contribution in [3.05, 3.63) is 59.8 Å². The quantitative estimate of drug-likeness (QED) is 0.433. The molecule has 0 aliphatic rings. The molecule has 3 rings (SSSR count). The van der Waals surface area contributed by atoms with E-state index in [4.69, 9.17) is 15.0 Å². The van der Waals surface area contributed by atoms with Gasteiger partial charge < -0.3 is 19.9 Å². The van der Waals surface area contributed by atoms with Gasteiger partial charge >= 0.3 is 0 Å². The molecule has 2 N–H and O–H groups in total. The molecule has 1 amide bonds. The zero-order valence-corrected chi connectivity index (χ0v) is 18.5. The molecule has 0 aliphatic carbocycles. The molecular formula is C21H27N5O3S. The molecule has 0 fully saturated rings. The van der Waals surface area contributed by atoms with Crippen LogP contribution in [-0.2, 0) is 23.4 Å². The van der Waals surface area contributed by atoms with Crippen molar-refractivity contribution in [1.82, 2.24) is 19.8 Å². The summed E-state index contributed by atoms with van der Waals surface area (Å²) < 4.78 is 12.4. The average molecular weight is 430 g/mol. The minimum atomic E-state index is -0.0591. The van der Waals surface area contributed by atoms with Crippen molar-refractivity contribution >= 4 is 17.7 Å². The first-order valence-corrected chi connectivity index (χ1v) is 10.5. The van der Waals surface area contributed by atoms with Crippen LogP contribution in [0.1, 0.15) is 37.9 Å². The number of nitrogens with two attached hydrogens (primary N) is 1. The van der Waals surface area contributed by atoms with Gasteiger partial charge in [-0.3, -0.25) is 4.79 Å². The SMILES string of the molecule is CN(Cc1ccco1)C(=O)CSc1nnc(COc2ccc(C(C)(C)C)cc2)n1N. The van der Waals surface area contributed by atoms with Gasteiger partial charge in [0.15, 0.2) is 5.82 Å². The van der Waals surface area contributed by atoms with Gasteiger partial charge in [0.2, 0.25) is 11.1 Å². The van der Waals surface area contributed by atoms with Crippen molar-refractivity contribution in [2.45, 2.75) is 44.5 Å². The smallest absolute Gasteiger partial charge is 0.233 e. The molecule has 0 aliphatic heterocycles. The van der Waals surface area contributed by atoms with Crippen molar-refractivity contribution in [1.29, 1.82) is 0 Å². The van der Waals surface area contributed by atoms with E-state index in [2.05, 4.69) is 43.1 Å². The maximum atomic E-state index is 12.3. The number of carbonyl (C=O) groups excluding carboxylic acids is 1. The Balaban J connectivity index is 1.51. The first-order chi connectivity index (χ1) is 14.2. The average Bonchev–Trinajstić information content (AvgIpc) is 3.34. The fourth-order valence-corrected chi connectivity index (χ4v) is 3.48. The number of furan rings is 1. The van der Waals surface area contributed by atoms with Gasteiger partial charge in [-0.15, -0.1) is 10.2 Å². The number of amides is 1. The van der Waals surface area contributed by atoms with Crippen LogP contribution in [0.3, 0.4) is 0 Å². The van der Waals surface area contributed by atoms with E-state index in [1.54, 1.807) is 24.3 Å². The van der Waals surface area contributed by atoms with E-state index < -0.39 is 0 Å². The number of benzene rings is 1. The highest BCUT2D eigenvalue weighted by Crippen LogP contribution is 2.24. The predicted molar refractivity (Wildman–Crippen MR) is 116 cm³/mol. The number of aromatic nitrogens is 3. The third kappa shape index (κ3) is 5.56. The number of rotatable bonds is 8. The molecule has 1 aromatic carbocycles. The van der Waals surface area contributed by atoms with Crippen LogP contribution < -0.4 is 10.6 Å². The Hall–Kier alpha value is -2.94. The van der Waals surface area contributed by atoms with Gasteiger partial charge in [-0.05, 0) is 35.2 Å². The summed E-state index contributed by atoms with van der Waals surface area (Å²) in [5.41, 5.74) is 1.32. The van der Waals surface area contributed by atoms with E-state index in [1.165, 1.54) is 22.0 Å². The molecule has 0 saturated carbocycles. The summed E-state index contributed by atoms with van der Waals surface area (Å²) in [7, 11) is 1.72. The Kier molecular flexibility index (Phi) is 6.71. The van der Waals surface area contributed by atoms with Gasteiger partial charge in [0, 0.05) is 7.05 Å².